The summed E-state index contributed by atoms with van der Waals surface area (Å²) in [6.07, 6.45) is 0. The van der Waals surface area contributed by atoms with Crippen LogP contribution in [-0.2, 0) is 9.53 Å². The molecule has 29 heavy (non-hydrogen) atoms. The number of aromatic nitrogens is 1. The number of ether oxygens (including phenoxy) is 1. The van der Waals surface area contributed by atoms with Gasteiger partial charge in [-0.1, -0.05) is 20.8 Å². The summed E-state index contributed by atoms with van der Waals surface area (Å²) in [7, 11) is 0. The molecule has 1 atom stereocenters. The lowest BCUT2D eigenvalue weighted by Gasteiger charge is -2.18. The van der Waals surface area contributed by atoms with Gasteiger partial charge < -0.3 is 20.7 Å². The number of carbonyl (C=O) groups is 2. The Morgan fingerprint density at radius 1 is 1.24 bits per heavy atom. The van der Waals surface area contributed by atoms with Crippen molar-refractivity contribution in [3.63, 3.8) is 0 Å². The van der Waals surface area contributed by atoms with Crippen LogP contribution in [-0.4, -0.2) is 49.1 Å². The van der Waals surface area contributed by atoms with Crippen LogP contribution in [0.1, 0.15) is 68.0 Å². The number of amides is 1. The van der Waals surface area contributed by atoms with Gasteiger partial charge in [-0.05, 0) is 27.7 Å². The van der Waals surface area contributed by atoms with Gasteiger partial charge in [0.2, 0.25) is 5.91 Å². The zero-order chi connectivity index (χ0) is 21.3. The van der Waals surface area contributed by atoms with Crippen LogP contribution >= 0.6 is 35.3 Å². The van der Waals surface area contributed by atoms with E-state index < -0.39 is 5.41 Å². The second-order valence-corrected chi connectivity index (χ2v) is 8.35. The molecule has 0 aliphatic carbocycles. The van der Waals surface area contributed by atoms with E-state index >= 15 is 0 Å². The van der Waals surface area contributed by atoms with E-state index in [-0.39, 0.29) is 41.9 Å². The lowest BCUT2D eigenvalue weighted by molar-refractivity contribution is -0.128. The number of rotatable bonds is 8. The number of aliphatic imine (C=N–C) groups is 1. The first-order valence-corrected chi connectivity index (χ1v) is 10.4. The van der Waals surface area contributed by atoms with Gasteiger partial charge in [0, 0.05) is 18.5 Å². The standard InChI is InChI=1S/C19H33N5O3S.HI/c1-8-20-18(22-11-10-21-17(26)19(5,6)7)24-13(4)15-23-12(3)14(28-15)16(25)27-9-2;/h13H,8-11H2,1-7H3,(H,21,26)(H2,20,22,24);1H. The van der Waals surface area contributed by atoms with Crippen molar-refractivity contribution in [2.75, 3.05) is 26.2 Å². The van der Waals surface area contributed by atoms with Gasteiger partial charge in [-0.15, -0.1) is 35.3 Å². The quantitative estimate of drug-likeness (QED) is 0.154. The van der Waals surface area contributed by atoms with Crippen LogP contribution in [0, 0.1) is 12.3 Å². The van der Waals surface area contributed by atoms with Crippen LogP contribution in [0.15, 0.2) is 4.99 Å². The number of nitrogens with one attached hydrogen (secondary N) is 3. The fraction of sp³-hybridized carbons (Fsp3) is 0.684. The van der Waals surface area contributed by atoms with Crippen LogP contribution in [0.25, 0.3) is 0 Å². The fourth-order valence-corrected chi connectivity index (χ4v) is 3.14. The summed E-state index contributed by atoms with van der Waals surface area (Å²) in [5.41, 5.74) is 0.249. The summed E-state index contributed by atoms with van der Waals surface area (Å²) in [6, 6.07) is -0.131. The Balaban J connectivity index is 0.00000784. The highest BCUT2D eigenvalue weighted by atomic mass is 127. The lowest BCUT2D eigenvalue weighted by atomic mass is 9.96. The Kier molecular flexibility index (Phi) is 12.3. The molecule has 1 unspecified atom stereocenters. The van der Waals surface area contributed by atoms with Gasteiger partial charge in [-0.3, -0.25) is 9.79 Å². The SMILES string of the molecule is CCNC(=NCCNC(=O)C(C)(C)C)NC(C)c1nc(C)c(C(=O)OCC)s1.I. The number of halogens is 1. The summed E-state index contributed by atoms with van der Waals surface area (Å²) in [4.78, 5) is 33.4. The Labute approximate surface area is 194 Å². The maximum Gasteiger partial charge on any atom is 0.350 e. The van der Waals surface area contributed by atoms with Gasteiger partial charge in [0.05, 0.1) is 24.9 Å². The molecule has 10 heteroatoms. The maximum absolute atomic E-state index is 12.0. The number of thiazole rings is 1. The van der Waals surface area contributed by atoms with Gasteiger partial charge in [-0.25, -0.2) is 9.78 Å². The number of aryl methyl sites for hydroxylation is 1. The van der Waals surface area contributed by atoms with Crippen LogP contribution in [0.3, 0.4) is 0 Å². The maximum atomic E-state index is 12.0. The molecule has 1 aromatic heterocycles. The molecular formula is C19H34IN5O3S. The third kappa shape index (κ3) is 9.28. The zero-order valence-corrected chi connectivity index (χ0v) is 21.5. The van der Waals surface area contributed by atoms with E-state index in [9.17, 15) is 9.59 Å². The highest BCUT2D eigenvalue weighted by molar-refractivity contribution is 14.0. The molecule has 0 aliphatic rings. The second-order valence-electron chi connectivity index (χ2n) is 7.32. The number of nitrogens with zero attached hydrogens (tertiary/aromatic N) is 2. The molecule has 0 aliphatic heterocycles. The molecule has 3 N–H and O–H groups in total. The smallest absolute Gasteiger partial charge is 0.350 e. The number of carbonyl (C=O) groups excluding carboxylic acids is 2. The van der Waals surface area contributed by atoms with Crippen LogP contribution in [0.4, 0.5) is 0 Å². The van der Waals surface area contributed by atoms with E-state index in [0.717, 1.165) is 5.01 Å². The van der Waals surface area contributed by atoms with Crippen molar-refractivity contribution in [1.82, 2.24) is 20.9 Å². The van der Waals surface area contributed by atoms with Crippen LogP contribution in [0.2, 0.25) is 0 Å². The molecule has 1 aromatic rings. The Morgan fingerprint density at radius 2 is 1.90 bits per heavy atom. The molecule has 0 spiro atoms. The van der Waals surface area contributed by atoms with Gasteiger partial charge in [0.1, 0.15) is 9.88 Å². The minimum atomic E-state index is -0.416. The summed E-state index contributed by atoms with van der Waals surface area (Å²) in [6.45, 7) is 15.1. The van der Waals surface area contributed by atoms with Crippen molar-refractivity contribution in [3.8, 4) is 0 Å². The molecule has 0 saturated heterocycles. The second kappa shape index (κ2) is 13.0. The van der Waals surface area contributed by atoms with Gasteiger partial charge in [0.15, 0.2) is 5.96 Å². The van der Waals surface area contributed by atoms with Gasteiger partial charge in [0.25, 0.3) is 0 Å². The van der Waals surface area contributed by atoms with Crippen LogP contribution < -0.4 is 16.0 Å². The summed E-state index contributed by atoms with van der Waals surface area (Å²) in [5, 5.41) is 10.1. The molecule has 1 heterocycles. The minimum absolute atomic E-state index is 0. The highest BCUT2D eigenvalue weighted by Crippen LogP contribution is 2.24. The van der Waals surface area contributed by atoms with Crippen molar-refractivity contribution >= 4 is 53.1 Å². The highest BCUT2D eigenvalue weighted by Gasteiger charge is 2.21. The molecule has 0 bridgehead atoms. The molecule has 0 fully saturated rings. The van der Waals surface area contributed by atoms with E-state index in [1.54, 1.807) is 13.8 Å². The predicted octanol–water partition coefficient (Wildman–Crippen LogP) is 3.02. The van der Waals surface area contributed by atoms with E-state index in [1.165, 1.54) is 11.3 Å². The average molecular weight is 539 g/mol. The Bertz CT molecular complexity index is 701. The Morgan fingerprint density at radius 3 is 2.45 bits per heavy atom. The largest absolute Gasteiger partial charge is 0.462 e. The van der Waals surface area contributed by atoms with Crippen molar-refractivity contribution in [2.24, 2.45) is 10.4 Å². The number of hydrogen-bond donors (Lipinski definition) is 3. The predicted molar refractivity (Wildman–Crippen MR) is 128 cm³/mol. The van der Waals surface area contributed by atoms with E-state index in [2.05, 4.69) is 25.9 Å². The van der Waals surface area contributed by atoms with Crippen LogP contribution in [0.5, 0.6) is 0 Å². The molecular weight excluding hydrogens is 505 g/mol. The summed E-state index contributed by atoms with van der Waals surface area (Å²) >= 11 is 1.32. The molecule has 166 valence electrons. The number of hydrogen-bond acceptors (Lipinski definition) is 6. The summed E-state index contributed by atoms with van der Waals surface area (Å²) < 4.78 is 5.07. The molecule has 0 saturated carbocycles. The first kappa shape index (κ1) is 27.6. The average Bonchev–Trinajstić information content (AvgIpc) is 3.00. The van der Waals surface area contributed by atoms with E-state index in [0.29, 0.717) is 42.8 Å². The molecule has 0 aromatic carbocycles. The Hall–Kier alpha value is -1.43. The van der Waals surface area contributed by atoms with Crippen molar-refractivity contribution in [1.29, 1.82) is 0 Å². The van der Waals surface area contributed by atoms with Crippen molar-refractivity contribution in [2.45, 2.75) is 54.5 Å². The summed E-state index contributed by atoms with van der Waals surface area (Å²) in [5.74, 6) is 0.287. The normalized spacial score (nSPS) is 12.6. The molecule has 0 radical (unpaired) electrons. The third-order valence-electron chi connectivity index (χ3n) is 3.69. The molecule has 8 nitrogen and oxygen atoms in total. The topological polar surface area (TPSA) is 105 Å². The first-order chi connectivity index (χ1) is 13.1. The van der Waals surface area contributed by atoms with E-state index in [4.69, 9.17) is 4.74 Å². The molecule has 1 rings (SSSR count). The first-order valence-electron chi connectivity index (χ1n) is 9.57. The monoisotopic (exact) mass is 539 g/mol. The minimum Gasteiger partial charge on any atom is -0.462 e. The molecule has 1 amide bonds. The number of guanidine groups is 1. The third-order valence-corrected chi connectivity index (χ3v) is 5.01. The van der Waals surface area contributed by atoms with E-state index in [1.807, 2.05) is 34.6 Å². The fourth-order valence-electron chi connectivity index (χ4n) is 2.18. The van der Waals surface area contributed by atoms with Crippen molar-refractivity contribution in [3.05, 3.63) is 15.6 Å². The zero-order valence-electron chi connectivity index (χ0n) is 18.3. The number of esters is 1. The van der Waals surface area contributed by atoms with Crippen molar-refractivity contribution < 1.29 is 14.3 Å². The van der Waals surface area contributed by atoms with Gasteiger partial charge in [-0.2, -0.15) is 0 Å². The van der Waals surface area contributed by atoms with Gasteiger partial charge >= 0.3 is 5.97 Å². The lowest BCUT2D eigenvalue weighted by Crippen LogP contribution is -2.40.